The molecule has 0 saturated carbocycles. The van der Waals surface area contributed by atoms with E-state index in [0.717, 1.165) is 4.90 Å². The molecule has 6 nitrogen and oxygen atoms in total. The predicted molar refractivity (Wildman–Crippen MR) is 81.2 cm³/mol. The Labute approximate surface area is 129 Å². The van der Waals surface area contributed by atoms with Gasteiger partial charge in [0, 0.05) is 22.9 Å². The van der Waals surface area contributed by atoms with E-state index >= 15 is 0 Å². The molecule has 7 heteroatoms. The topological polar surface area (TPSA) is 97.7 Å². The van der Waals surface area contributed by atoms with Crippen molar-refractivity contribution in [3.05, 3.63) is 63.7 Å². The minimum Gasteiger partial charge on any atom is -0.295 e. The Morgan fingerprint density at radius 2 is 2.00 bits per heavy atom. The second kappa shape index (κ2) is 5.76. The number of fused-ring (bicyclic) bond motifs is 1. The molecular weight excluding hydrogens is 298 g/mol. The summed E-state index contributed by atoms with van der Waals surface area (Å²) in [6, 6.07) is 12.8. The monoisotopic (exact) mass is 307 g/mol. The Bertz CT molecular complexity index is 990. The number of aromatic nitrogens is 3. The van der Waals surface area contributed by atoms with E-state index < -0.39 is 0 Å². The van der Waals surface area contributed by atoms with Crippen LogP contribution in [0.15, 0.2) is 46.2 Å². The molecule has 0 unspecified atom stereocenters. The highest BCUT2D eigenvalue weighted by Gasteiger charge is 2.09. The zero-order valence-electron chi connectivity index (χ0n) is 11.3. The van der Waals surface area contributed by atoms with Crippen molar-refractivity contribution in [2.24, 2.45) is 0 Å². The van der Waals surface area contributed by atoms with Crippen molar-refractivity contribution in [2.75, 3.05) is 0 Å². The third kappa shape index (κ3) is 2.46. The van der Waals surface area contributed by atoms with Crippen LogP contribution in [0.4, 0.5) is 0 Å². The first-order valence-corrected chi connectivity index (χ1v) is 7.33. The number of nitrogens with one attached hydrogen (secondary N) is 1. The summed E-state index contributed by atoms with van der Waals surface area (Å²) < 4.78 is 1.23. The molecule has 0 radical (unpaired) electrons. The van der Waals surface area contributed by atoms with Gasteiger partial charge in [-0.25, -0.2) is 9.50 Å². The van der Waals surface area contributed by atoms with Crippen molar-refractivity contribution in [1.82, 2.24) is 14.6 Å². The quantitative estimate of drug-likeness (QED) is 0.747. The first kappa shape index (κ1) is 13.9. The summed E-state index contributed by atoms with van der Waals surface area (Å²) in [6.07, 6.45) is 1.45. The van der Waals surface area contributed by atoms with E-state index in [1.54, 1.807) is 12.1 Å². The van der Waals surface area contributed by atoms with E-state index in [1.807, 2.05) is 18.2 Å². The zero-order chi connectivity index (χ0) is 15.5. The third-order valence-corrected chi connectivity index (χ3v) is 4.16. The molecule has 0 aliphatic heterocycles. The number of thioether (sulfide) groups is 1. The molecule has 22 heavy (non-hydrogen) atoms. The van der Waals surface area contributed by atoms with Crippen molar-refractivity contribution in [3.8, 4) is 12.1 Å². The minimum absolute atomic E-state index is 0.268. The molecule has 0 spiro atoms. The lowest BCUT2D eigenvalue weighted by molar-refractivity contribution is 0.888. The standard InChI is InChI=1S/C15H9N5OS/c16-6-10-3-1-2-4-13(10)22-9-12-5-14(21)20-15(19-12)11(7-17)8-18-20/h1-5,8,18H,9H2. The summed E-state index contributed by atoms with van der Waals surface area (Å²) in [4.78, 5) is 17.2. The van der Waals surface area contributed by atoms with Crippen molar-refractivity contribution >= 4 is 17.4 Å². The van der Waals surface area contributed by atoms with Crippen LogP contribution in [0.25, 0.3) is 5.65 Å². The van der Waals surface area contributed by atoms with Gasteiger partial charge in [0.25, 0.3) is 5.56 Å². The van der Waals surface area contributed by atoms with E-state index in [1.165, 1.54) is 28.5 Å². The number of hydrogen-bond acceptors (Lipinski definition) is 5. The maximum atomic E-state index is 12.0. The summed E-state index contributed by atoms with van der Waals surface area (Å²) in [5.41, 5.74) is 1.53. The van der Waals surface area contributed by atoms with Crippen LogP contribution in [0.1, 0.15) is 16.8 Å². The molecule has 1 aromatic carbocycles. The Morgan fingerprint density at radius 1 is 1.23 bits per heavy atom. The van der Waals surface area contributed by atoms with Crippen LogP contribution in [0.5, 0.6) is 0 Å². The van der Waals surface area contributed by atoms with Gasteiger partial charge in [0.2, 0.25) is 0 Å². The average molecular weight is 307 g/mol. The van der Waals surface area contributed by atoms with E-state index in [9.17, 15) is 4.79 Å². The highest BCUT2D eigenvalue weighted by atomic mass is 32.2. The summed E-state index contributed by atoms with van der Waals surface area (Å²) in [6.45, 7) is 0. The fraction of sp³-hybridized carbons (Fsp3) is 0.0667. The molecule has 0 saturated heterocycles. The van der Waals surface area contributed by atoms with Crippen molar-refractivity contribution < 1.29 is 0 Å². The maximum absolute atomic E-state index is 12.0. The van der Waals surface area contributed by atoms with Crippen LogP contribution < -0.4 is 5.56 Å². The van der Waals surface area contributed by atoms with Crippen LogP contribution in [0, 0.1) is 22.7 Å². The summed E-state index contributed by atoms with van der Waals surface area (Å²) in [7, 11) is 0. The molecule has 0 aliphatic rings. The normalized spacial score (nSPS) is 10.3. The van der Waals surface area contributed by atoms with Gasteiger partial charge < -0.3 is 0 Å². The van der Waals surface area contributed by atoms with E-state index in [2.05, 4.69) is 16.2 Å². The van der Waals surface area contributed by atoms with Gasteiger partial charge in [0.15, 0.2) is 5.65 Å². The summed E-state index contributed by atoms with van der Waals surface area (Å²) in [5.74, 6) is 0.445. The number of benzene rings is 1. The smallest absolute Gasteiger partial charge is 0.272 e. The molecule has 3 rings (SSSR count). The lowest BCUT2D eigenvalue weighted by Gasteiger charge is -2.03. The molecule has 2 aromatic heterocycles. The van der Waals surface area contributed by atoms with Gasteiger partial charge in [-0.15, -0.1) is 11.8 Å². The Hall–Kier alpha value is -3.03. The maximum Gasteiger partial charge on any atom is 0.272 e. The van der Waals surface area contributed by atoms with Gasteiger partial charge in [0.1, 0.15) is 17.7 Å². The number of aromatic amines is 1. The predicted octanol–water partition coefficient (Wildman–Crippen LogP) is 2.06. The second-order valence-electron chi connectivity index (χ2n) is 4.44. The van der Waals surface area contributed by atoms with E-state index in [-0.39, 0.29) is 5.56 Å². The molecule has 2 heterocycles. The van der Waals surface area contributed by atoms with E-state index in [4.69, 9.17) is 10.5 Å². The van der Waals surface area contributed by atoms with Crippen molar-refractivity contribution in [3.63, 3.8) is 0 Å². The molecule has 3 aromatic rings. The SMILES string of the molecule is N#Cc1ccccc1SCc1cc(=O)n2[nH]cc(C#N)c2n1. The first-order valence-electron chi connectivity index (χ1n) is 6.35. The highest BCUT2D eigenvalue weighted by Crippen LogP contribution is 2.25. The van der Waals surface area contributed by atoms with Crippen molar-refractivity contribution in [1.29, 1.82) is 10.5 Å². The molecule has 106 valence electrons. The number of H-pyrrole nitrogens is 1. The molecule has 0 aliphatic carbocycles. The zero-order valence-corrected chi connectivity index (χ0v) is 12.1. The van der Waals surface area contributed by atoms with Gasteiger partial charge >= 0.3 is 0 Å². The van der Waals surface area contributed by atoms with Crippen LogP contribution in [0.3, 0.4) is 0 Å². The molecule has 0 atom stereocenters. The highest BCUT2D eigenvalue weighted by molar-refractivity contribution is 7.98. The lowest BCUT2D eigenvalue weighted by atomic mass is 10.2. The minimum atomic E-state index is -0.268. The molecule has 1 N–H and O–H groups in total. The number of nitriles is 2. The number of hydrogen-bond donors (Lipinski definition) is 1. The first-order chi connectivity index (χ1) is 10.7. The Balaban J connectivity index is 1.93. The second-order valence-corrected chi connectivity index (χ2v) is 5.46. The van der Waals surface area contributed by atoms with Crippen molar-refractivity contribution in [2.45, 2.75) is 10.6 Å². The van der Waals surface area contributed by atoms with Gasteiger partial charge in [0.05, 0.1) is 11.3 Å². The van der Waals surface area contributed by atoms with Crippen LogP contribution in [-0.2, 0) is 5.75 Å². The molecule has 0 amide bonds. The third-order valence-electron chi connectivity index (χ3n) is 3.05. The fourth-order valence-corrected chi connectivity index (χ4v) is 2.92. The molecular formula is C15H9N5OS. The number of rotatable bonds is 3. The molecule has 0 fully saturated rings. The van der Waals surface area contributed by atoms with Gasteiger partial charge in [-0.2, -0.15) is 10.5 Å². The van der Waals surface area contributed by atoms with Crippen LogP contribution in [0.2, 0.25) is 0 Å². The Kier molecular flexibility index (Phi) is 3.65. The average Bonchev–Trinajstić information content (AvgIpc) is 2.96. The Morgan fingerprint density at radius 3 is 2.77 bits per heavy atom. The van der Waals surface area contributed by atoms with Crippen LogP contribution >= 0.6 is 11.8 Å². The fourth-order valence-electron chi connectivity index (χ4n) is 2.02. The number of nitrogens with zero attached hydrogens (tertiary/aromatic N) is 4. The van der Waals surface area contributed by atoms with Gasteiger partial charge in [-0.3, -0.25) is 9.89 Å². The lowest BCUT2D eigenvalue weighted by Crippen LogP contribution is -2.15. The summed E-state index contributed by atoms with van der Waals surface area (Å²) >= 11 is 1.43. The van der Waals surface area contributed by atoms with E-state index in [0.29, 0.717) is 28.2 Å². The van der Waals surface area contributed by atoms with Gasteiger partial charge in [-0.1, -0.05) is 12.1 Å². The summed E-state index contributed by atoms with van der Waals surface area (Å²) in [5, 5.41) is 20.8. The molecule has 0 bridgehead atoms. The van der Waals surface area contributed by atoms with Gasteiger partial charge in [-0.05, 0) is 12.1 Å². The largest absolute Gasteiger partial charge is 0.295 e. The van der Waals surface area contributed by atoms with Crippen LogP contribution in [-0.4, -0.2) is 14.6 Å².